The fourth-order valence-electron chi connectivity index (χ4n) is 3.27. The first kappa shape index (κ1) is 18.0. The Balaban J connectivity index is 1.56. The summed E-state index contributed by atoms with van der Waals surface area (Å²) >= 11 is 3.56. The van der Waals surface area contributed by atoms with Crippen molar-refractivity contribution in [2.75, 3.05) is 38.2 Å². The molecule has 1 heterocycles. The van der Waals surface area contributed by atoms with Gasteiger partial charge in [-0.1, -0.05) is 0 Å². The molecule has 2 aromatic rings. The molecule has 4 nitrogen and oxygen atoms in total. The number of ether oxygens (including phenoxy) is 1. The van der Waals surface area contributed by atoms with Crippen LogP contribution in [-0.4, -0.2) is 39.1 Å². The number of benzene rings is 2. The lowest BCUT2D eigenvalue weighted by molar-refractivity contribution is -0.914. The minimum Gasteiger partial charge on any atom is -0.496 e. The monoisotopic (exact) mass is 403 g/mol. The van der Waals surface area contributed by atoms with Crippen LogP contribution in [-0.2, 0) is 6.54 Å². The Bertz CT molecular complexity index is 738. The van der Waals surface area contributed by atoms with E-state index < -0.39 is 0 Å². The average Bonchev–Trinajstić information content (AvgIpc) is 2.63. The molecule has 1 fully saturated rings. The summed E-state index contributed by atoms with van der Waals surface area (Å²) in [6, 6.07) is 14.3. The van der Waals surface area contributed by atoms with Gasteiger partial charge in [0, 0.05) is 16.8 Å². The van der Waals surface area contributed by atoms with Gasteiger partial charge < -0.3 is 14.5 Å². The van der Waals surface area contributed by atoms with E-state index in [1.807, 2.05) is 18.2 Å². The van der Waals surface area contributed by atoms with E-state index in [4.69, 9.17) is 4.74 Å². The molecule has 0 amide bonds. The van der Waals surface area contributed by atoms with Crippen LogP contribution >= 0.6 is 15.9 Å². The van der Waals surface area contributed by atoms with Crippen molar-refractivity contribution in [3.8, 4) is 5.75 Å². The van der Waals surface area contributed by atoms with Crippen molar-refractivity contribution in [2.45, 2.75) is 13.5 Å². The summed E-state index contributed by atoms with van der Waals surface area (Å²) in [5.74, 6) is 0.990. The van der Waals surface area contributed by atoms with E-state index in [1.54, 1.807) is 18.9 Å². The van der Waals surface area contributed by atoms with Gasteiger partial charge in [0.05, 0.1) is 37.8 Å². The number of hydrogen-bond donors (Lipinski definition) is 1. The van der Waals surface area contributed by atoms with Crippen molar-refractivity contribution >= 4 is 27.4 Å². The molecule has 0 bridgehead atoms. The smallest absolute Gasteiger partial charge is 0.159 e. The molecule has 3 rings (SSSR count). The molecule has 0 radical (unpaired) electrons. The van der Waals surface area contributed by atoms with E-state index >= 15 is 0 Å². The maximum absolute atomic E-state index is 11.4. The number of ketones is 1. The SMILES string of the molecule is COc1ccc(C[NH+]2CCN(c3ccc(C(C)=O)cc3)CC2)cc1Br. The number of halogens is 1. The number of hydrogen-bond acceptors (Lipinski definition) is 3. The number of carbonyl (C=O) groups excluding carboxylic acids is 1. The normalized spacial score (nSPS) is 15.2. The summed E-state index contributed by atoms with van der Waals surface area (Å²) in [6.45, 7) is 6.92. The zero-order valence-electron chi connectivity index (χ0n) is 14.7. The van der Waals surface area contributed by atoms with Gasteiger partial charge in [-0.2, -0.15) is 0 Å². The molecule has 1 aliphatic heterocycles. The van der Waals surface area contributed by atoms with Crippen LogP contribution in [0.25, 0.3) is 0 Å². The third-order valence-electron chi connectivity index (χ3n) is 4.78. The first-order valence-electron chi connectivity index (χ1n) is 8.59. The van der Waals surface area contributed by atoms with Crippen LogP contribution < -0.4 is 14.5 Å². The fourth-order valence-corrected chi connectivity index (χ4v) is 3.86. The minimum atomic E-state index is 0.117. The zero-order chi connectivity index (χ0) is 17.8. The highest BCUT2D eigenvalue weighted by Gasteiger charge is 2.20. The third-order valence-corrected chi connectivity index (χ3v) is 5.40. The Kier molecular flexibility index (Phi) is 5.76. The predicted molar refractivity (Wildman–Crippen MR) is 104 cm³/mol. The highest BCUT2D eigenvalue weighted by atomic mass is 79.9. The Morgan fingerprint density at radius 2 is 1.84 bits per heavy atom. The summed E-state index contributed by atoms with van der Waals surface area (Å²) in [7, 11) is 1.69. The summed E-state index contributed by atoms with van der Waals surface area (Å²) < 4.78 is 6.30. The Morgan fingerprint density at radius 3 is 2.40 bits per heavy atom. The van der Waals surface area contributed by atoms with Crippen molar-refractivity contribution in [3.05, 3.63) is 58.1 Å². The summed E-state index contributed by atoms with van der Waals surface area (Å²) in [5.41, 5.74) is 3.30. The molecule has 132 valence electrons. The summed E-state index contributed by atoms with van der Waals surface area (Å²) in [4.78, 5) is 15.4. The molecule has 5 heteroatoms. The molecule has 1 saturated heterocycles. The van der Waals surface area contributed by atoms with Gasteiger partial charge in [-0.05, 0) is 65.3 Å². The van der Waals surface area contributed by atoms with Crippen molar-refractivity contribution in [1.29, 1.82) is 0 Å². The van der Waals surface area contributed by atoms with E-state index in [9.17, 15) is 4.79 Å². The van der Waals surface area contributed by atoms with Gasteiger partial charge in [0.25, 0.3) is 0 Å². The molecule has 1 N–H and O–H groups in total. The van der Waals surface area contributed by atoms with E-state index in [0.717, 1.165) is 48.5 Å². The Hall–Kier alpha value is -1.85. The lowest BCUT2D eigenvalue weighted by atomic mass is 10.1. The Labute approximate surface area is 157 Å². The number of anilines is 1. The lowest BCUT2D eigenvalue weighted by Crippen LogP contribution is -3.13. The van der Waals surface area contributed by atoms with Crippen LogP contribution in [0.5, 0.6) is 5.75 Å². The third kappa shape index (κ3) is 4.41. The molecule has 1 aliphatic rings. The van der Waals surface area contributed by atoms with Crippen LogP contribution in [0.1, 0.15) is 22.8 Å². The molecular formula is C20H24BrN2O2+. The molecule has 2 aromatic carbocycles. The van der Waals surface area contributed by atoms with Gasteiger partial charge >= 0.3 is 0 Å². The molecule has 0 atom stereocenters. The standard InChI is InChI=1S/C20H23BrN2O2/c1-15(24)17-4-6-18(7-5-17)23-11-9-22(10-12-23)14-16-3-8-20(25-2)19(21)13-16/h3-8,13H,9-12,14H2,1-2H3/p+1. The number of methoxy groups -OCH3 is 1. The largest absolute Gasteiger partial charge is 0.496 e. The van der Waals surface area contributed by atoms with Crippen LogP contribution in [0.4, 0.5) is 5.69 Å². The average molecular weight is 404 g/mol. The molecule has 0 spiro atoms. The van der Waals surface area contributed by atoms with E-state index in [0.29, 0.717) is 0 Å². The number of piperazine rings is 1. The van der Waals surface area contributed by atoms with Crippen molar-refractivity contribution < 1.29 is 14.4 Å². The molecule has 25 heavy (non-hydrogen) atoms. The first-order valence-corrected chi connectivity index (χ1v) is 9.38. The second-order valence-corrected chi connectivity index (χ2v) is 7.34. The Morgan fingerprint density at radius 1 is 1.16 bits per heavy atom. The van der Waals surface area contributed by atoms with Crippen molar-refractivity contribution in [2.24, 2.45) is 0 Å². The van der Waals surface area contributed by atoms with Crippen molar-refractivity contribution in [1.82, 2.24) is 0 Å². The lowest BCUT2D eigenvalue weighted by Gasteiger charge is -2.33. The zero-order valence-corrected chi connectivity index (χ0v) is 16.3. The fraction of sp³-hybridized carbons (Fsp3) is 0.350. The number of carbonyl (C=O) groups is 1. The highest BCUT2D eigenvalue weighted by Crippen LogP contribution is 2.25. The molecular weight excluding hydrogens is 380 g/mol. The second-order valence-electron chi connectivity index (χ2n) is 6.49. The summed E-state index contributed by atoms with van der Waals surface area (Å²) in [6.07, 6.45) is 0. The topological polar surface area (TPSA) is 34.0 Å². The highest BCUT2D eigenvalue weighted by molar-refractivity contribution is 9.10. The van der Waals surface area contributed by atoms with E-state index in [-0.39, 0.29) is 5.78 Å². The molecule has 0 aromatic heterocycles. The predicted octanol–water partition coefficient (Wildman–Crippen LogP) is 2.57. The van der Waals surface area contributed by atoms with Gasteiger partial charge in [0.15, 0.2) is 5.78 Å². The number of quaternary nitrogens is 1. The van der Waals surface area contributed by atoms with Crippen LogP contribution in [0.15, 0.2) is 46.9 Å². The maximum Gasteiger partial charge on any atom is 0.159 e. The van der Waals surface area contributed by atoms with Gasteiger partial charge in [0.2, 0.25) is 0 Å². The number of Topliss-reactive ketones (excluding diaryl/α,β-unsaturated/α-hetero) is 1. The number of nitrogens with zero attached hydrogens (tertiary/aromatic N) is 1. The minimum absolute atomic E-state index is 0.117. The second kappa shape index (κ2) is 8.02. The molecule has 0 aliphatic carbocycles. The molecule has 0 unspecified atom stereocenters. The summed E-state index contributed by atoms with van der Waals surface area (Å²) in [5, 5.41) is 0. The van der Waals surface area contributed by atoms with E-state index in [1.165, 1.54) is 11.3 Å². The van der Waals surface area contributed by atoms with Gasteiger partial charge in [-0.15, -0.1) is 0 Å². The van der Waals surface area contributed by atoms with Crippen LogP contribution in [0, 0.1) is 0 Å². The van der Waals surface area contributed by atoms with Crippen LogP contribution in [0.2, 0.25) is 0 Å². The van der Waals surface area contributed by atoms with Gasteiger partial charge in [0.1, 0.15) is 12.3 Å². The maximum atomic E-state index is 11.4. The van der Waals surface area contributed by atoms with Crippen molar-refractivity contribution in [3.63, 3.8) is 0 Å². The quantitative estimate of drug-likeness (QED) is 0.778. The van der Waals surface area contributed by atoms with Gasteiger partial charge in [-0.25, -0.2) is 0 Å². The number of nitrogens with one attached hydrogen (secondary N) is 1. The number of rotatable bonds is 5. The molecule has 0 saturated carbocycles. The van der Waals surface area contributed by atoms with E-state index in [2.05, 4.69) is 45.1 Å². The first-order chi connectivity index (χ1) is 12.1. The van der Waals surface area contributed by atoms with Gasteiger partial charge in [-0.3, -0.25) is 4.79 Å². The van der Waals surface area contributed by atoms with Crippen LogP contribution in [0.3, 0.4) is 0 Å².